The number of H-pyrrole nitrogens is 1. The van der Waals surface area contributed by atoms with Crippen LogP contribution in [-0.2, 0) is 10.9 Å². The predicted octanol–water partition coefficient (Wildman–Crippen LogP) is 6.52. The number of hydrogen-bond acceptors (Lipinski definition) is 6. The predicted molar refractivity (Wildman–Crippen MR) is 142 cm³/mol. The molecule has 0 unspecified atom stereocenters. The molecule has 8 nitrogen and oxygen atoms in total. The van der Waals surface area contributed by atoms with Crippen LogP contribution < -0.4 is 5.32 Å². The first-order chi connectivity index (χ1) is 18.5. The molecule has 3 aromatic heterocycles. The molecule has 11 heteroatoms. The molecule has 1 aliphatic heterocycles. The van der Waals surface area contributed by atoms with Gasteiger partial charge < -0.3 is 19.9 Å². The third-order valence-corrected chi connectivity index (χ3v) is 6.43. The number of carbonyl (C=O) groups excluding carboxylic acids is 1. The summed E-state index contributed by atoms with van der Waals surface area (Å²) in [5.74, 6) is 0.0652. The number of halogens is 3. The summed E-state index contributed by atoms with van der Waals surface area (Å²) >= 11 is 0. The van der Waals surface area contributed by atoms with E-state index in [9.17, 15) is 18.0 Å². The summed E-state index contributed by atoms with van der Waals surface area (Å²) in [6.07, 6.45) is 2.10. The van der Waals surface area contributed by atoms with Crippen LogP contribution in [0.4, 0.5) is 23.9 Å². The fourth-order valence-corrected chi connectivity index (χ4v) is 4.67. The third kappa shape index (κ3) is 5.97. The van der Waals surface area contributed by atoms with Crippen LogP contribution in [0.15, 0.2) is 55.1 Å². The number of piperidine rings is 1. The quantitative estimate of drug-likeness (QED) is 0.307. The fraction of sp³-hybridized carbons (Fsp3) is 0.357. The lowest BCUT2D eigenvalue weighted by atomic mass is 10.0. The maximum atomic E-state index is 14.0. The van der Waals surface area contributed by atoms with Crippen LogP contribution in [0.3, 0.4) is 0 Å². The highest BCUT2D eigenvalue weighted by molar-refractivity contribution is 5.97. The van der Waals surface area contributed by atoms with Gasteiger partial charge in [-0.05, 0) is 51.3 Å². The number of aromatic amines is 1. The second-order valence-electron chi connectivity index (χ2n) is 10.6. The van der Waals surface area contributed by atoms with Crippen LogP contribution in [0, 0.1) is 0 Å². The number of hydrogen-bond donors (Lipinski definition) is 2. The minimum atomic E-state index is -4.65. The Morgan fingerprint density at radius 1 is 1.15 bits per heavy atom. The monoisotopic (exact) mass is 538 g/mol. The van der Waals surface area contributed by atoms with E-state index in [1.54, 1.807) is 44.1 Å². The van der Waals surface area contributed by atoms with Gasteiger partial charge in [0.15, 0.2) is 0 Å². The zero-order valence-corrected chi connectivity index (χ0v) is 21.8. The van der Waals surface area contributed by atoms with Crippen molar-refractivity contribution in [2.24, 2.45) is 0 Å². The molecule has 5 rings (SSSR count). The zero-order chi connectivity index (χ0) is 27.8. The van der Waals surface area contributed by atoms with Gasteiger partial charge in [-0.2, -0.15) is 13.2 Å². The summed E-state index contributed by atoms with van der Waals surface area (Å²) in [4.78, 5) is 29.6. The topological polar surface area (TPSA) is 96.0 Å². The minimum Gasteiger partial charge on any atom is -0.444 e. The first-order valence-electron chi connectivity index (χ1n) is 12.7. The van der Waals surface area contributed by atoms with E-state index < -0.39 is 23.4 Å². The maximum Gasteiger partial charge on any atom is 0.419 e. The third-order valence-electron chi connectivity index (χ3n) is 6.43. The van der Waals surface area contributed by atoms with Crippen LogP contribution >= 0.6 is 0 Å². The number of ether oxygens (including phenoxy) is 1. The number of anilines is 1. The molecule has 1 aromatic carbocycles. The van der Waals surface area contributed by atoms with E-state index in [0.29, 0.717) is 42.4 Å². The molecule has 4 heterocycles. The van der Waals surface area contributed by atoms with E-state index in [-0.39, 0.29) is 17.7 Å². The minimum absolute atomic E-state index is 0.0652. The normalized spacial score (nSPS) is 16.4. The van der Waals surface area contributed by atoms with Crippen LogP contribution in [0.5, 0.6) is 0 Å². The van der Waals surface area contributed by atoms with E-state index in [1.165, 1.54) is 6.20 Å². The van der Waals surface area contributed by atoms with Crippen molar-refractivity contribution < 1.29 is 22.7 Å². The number of aromatic nitrogens is 4. The molecular weight excluding hydrogens is 509 g/mol. The molecule has 0 radical (unpaired) electrons. The number of carbonyl (C=O) groups is 1. The number of pyridine rings is 1. The number of fused-ring (bicyclic) bond motifs is 1. The van der Waals surface area contributed by atoms with Gasteiger partial charge in [-0.3, -0.25) is 4.98 Å². The van der Waals surface area contributed by atoms with E-state index in [2.05, 4.69) is 25.3 Å². The molecule has 1 saturated heterocycles. The molecule has 4 aromatic rings. The number of alkyl halides is 3. The lowest BCUT2D eigenvalue weighted by Gasteiger charge is -2.34. The van der Waals surface area contributed by atoms with E-state index in [0.717, 1.165) is 17.3 Å². The first kappa shape index (κ1) is 26.5. The molecule has 0 spiro atoms. The Bertz CT molecular complexity index is 1480. The average molecular weight is 539 g/mol. The summed E-state index contributed by atoms with van der Waals surface area (Å²) in [5, 5.41) is 3.74. The highest BCUT2D eigenvalue weighted by Crippen LogP contribution is 2.39. The number of amides is 1. The van der Waals surface area contributed by atoms with Crippen LogP contribution in [0.2, 0.25) is 0 Å². The van der Waals surface area contributed by atoms with Gasteiger partial charge in [0, 0.05) is 65.9 Å². The molecular formula is C28H29F3N6O2. The van der Waals surface area contributed by atoms with Crippen LogP contribution in [-0.4, -0.2) is 55.7 Å². The highest BCUT2D eigenvalue weighted by Gasteiger charge is 2.36. The summed E-state index contributed by atoms with van der Waals surface area (Å²) in [6, 6.07) is 8.99. The van der Waals surface area contributed by atoms with Gasteiger partial charge in [-0.25, -0.2) is 14.8 Å². The molecule has 1 atom stereocenters. The Kier molecular flexibility index (Phi) is 6.92. The van der Waals surface area contributed by atoms with Gasteiger partial charge in [0.05, 0.1) is 5.69 Å². The number of nitrogens with one attached hydrogen (secondary N) is 2. The molecule has 0 bridgehead atoms. The van der Waals surface area contributed by atoms with Gasteiger partial charge in [-0.15, -0.1) is 0 Å². The van der Waals surface area contributed by atoms with Crippen molar-refractivity contribution in [3.8, 4) is 22.4 Å². The second kappa shape index (κ2) is 10.2. The van der Waals surface area contributed by atoms with Crippen molar-refractivity contribution in [1.29, 1.82) is 0 Å². The Morgan fingerprint density at radius 2 is 1.97 bits per heavy atom. The summed E-state index contributed by atoms with van der Waals surface area (Å²) in [7, 11) is 0. The fourth-order valence-electron chi connectivity index (χ4n) is 4.67. The Hall–Kier alpha value is -4.15. The first-order valence-corrected chi connectivity index (χ1v) is 12.7. The van der Waals surface area contributed by atoms with Gasteiger partial charge in [0.1, 0.15) is 11.2 Å². The van der Waals surface area contributed by atoms with Crippen molar-refractivity contribution in [3.05, 3.63) is 60.7 Å². The lowest BCUT2D eigenvalue weighted by molar-refractivity contribution is -0.137. The highest BCUT2D eigenvalue weighted by atomic mass is 19.4. The number of rotatable bonds is 4. The van der Waals surface area contributed by atoms with Gasteiger partial charge in [0.25, 0.3) is 0 Å². The Morgan fingerprint density at radius 3 is 2.69 bits per heavy atom. The molecule has 1 fully saturated rings. The SMILES string of the molecule is CC(C)(C)OC(=O)N1CCC[C@H](Nc2ncc(C(F)(F)F)c(-c3c[nH]c4cc(-c5cccnc5)ccc34)n2)C1. The standard InChI is InChI=1S/C28H29F3N6O2/c1-27(2,3)39-26(38)37-11-5-7-19(16-37)35-25-34-15-22(28(29,30)31)24(36-25)21-14-33-23-12-17(8-9-20(21)23)18-6-4-10-32-13-18/h4,6,8-10,12-15,19,33H,5,7,11,16H2,1-3H3,(H,34,35,36)/t19-/m0/s1. The molecule has 204 valence electrons. The number of benzene rings is 1. The smallest absolute Gasteiger partial charge is 0.419 e. The largest absolute Gasteiger partial charge is 0.444 e. The maximum absolute atomic E-state index is 14.0. The van der Waals surface area contributed by atoms with E-state index >= 15 is 0 Å². The molecule has 2 N–H and O–H groups in total. The van der Waals surface area contributed by atoms with Crippen LogP contribution in [0.1, 0.15) is 39.2 Å². The van der Waals surface area contributed by atoms with Gasteiger partial charge >= 0.3 is 12.3 Å². The molecule has 1 aliphatic rings. The van der Waals surface area contributed by atoms with E-state index in [1.807, 2.05) is 24.3 Å². The number of likely N-dealkylation sites (tertiary alicyclic amines) is 1. The van der Waals surface area contributed by atoms with Crippen molar-refractivity contribution in [3.63, 3.8) is 0 Å². The average Bonchev–Trinajstić information content (AvgIpc) is 3.31. The van der Waals surface area contributed by atoms with Gasteiger partial charge in [-0.1, -0.05) is 18.2 Å². The summed E-state index contributed by atoms with van der Waals surface area (Å²) in [6.45, 7) is 6.27. The van der Waals surface area contributed by atoms with E-state index in [4.69, 9.17) is 4.74 Å². The molecule has 0 saturated carbocycles. The molecule has 39 heavy (non-hydrogen) atoms. The van der Waals surface area contributed by atoms with Gasteiger partial charge in [0.2, 0.25) is 5.95 Å². The van der Waals surface area contributed by atoms with Crippen LogP contribution in [0.25, 0.3) is 33.3 Å². The molecule has 1 amide bonds. The molecule has 0 aliphatic carbocycles. The summed E-state index contributed by atoms with van der Waals surface area (Å²) in [5.41, 5.74) is 1.00. The Labute approximate surface area is 223 Å². The zero-order valence-electron chi connectivity index (χ0n) is 21.8. The Balaban J connectivity index is 1.44. The van der Waals surface area contributed by atoms with Crippen molar-refractivity contribution >= 4 is 22.9 Å². The summed E-state index contributed by atoms with van der Waals surface area (Å²) < 4.78 is 47.5. The number of nitrogens with zero attached hydrogens (tertiary/aromatic N) is 4. The van der Waals surface area contributed by atoms with Crippen molar-refractivity contribution in [2.45, 2.75) is 51.4 Å². The lowest BCUT2D eigenvalue weighted by Crippen LogP contribution is -2.47. The second-order valence-corrected chi connectivity index (χ2v) is 10.6. The van der Waals surface area contributed by atoms with Crippen molar-refractivity contribution in [2.75, 3.05) is 18.4 Å². The van der Waals surface area contributed by atoms with Crippen molar-refractivity contribution in [1.82, 2.24) is 24.8 Å².